The van der Waals surface area contributed by atoms with Crippen LogP contribution in [0.15, 0.2) is 54.6 Å². The zero-order chi connectivity index (χ0) is 38.1. The van der Waals surface area contributed by atoms with Gasteiger partial charge in [-0.1, -0.05) is 25.3 Å². The molecule has 0 bridgehead atoms. The maximum Gasteiger partial charge on any atom is 0.337 e. The van der Waals surface area contributed by atoms with Gasteiger partial charge in [0.25, 0.3) is 0 Å². The van der Waals surface area contributed by atoms with E-state index in [0.717, 1.165) is 66.4 Å². The molecule has 14 heteroatoms. The Morgan fingerprint density at radius 2 is 1.69 bits per heavy atom. The molecule has 7 rings (SSSR count). The number of hydrogen-bond donors (Lipinski definition) is 1. The number of methoxy groups -OCH3 is 1. The molecule has 0 atom stereocenters. The van der Waals surface area contributed by atoms with E-state index in [0.29, 0.717) is 50.4 Å². The molecule has 2 aliphatic heterocycles. The van der Waals surface area contributed by atoms with Gasteiger partial charge < -0.3 is 28.9 Å². The highest BCUT2D eigenvalue weighted by Gasteiger charge is 2.30. The molecule has 1 aliphatic carbocycles. The summed E-state index contributed by atoms with van der Waals surface area (Å²) in [7, 11) is -2.03. The first-order valence-electron chi connectivity index (χ1n) is 18.4. The Morgan fingerprint density at radius 1 is 0.926 bits per heavy atom. The molecule has 1 amide bonds. The molecule has 3 aromatic carbocycles. The summed E-state index contributed by atoms with van der Waals surface area (Å²) in [6.07, 6.45) is 7.34. The lowest BCUT2D eigenvalue weighted by atomic mass is 9.81. The first-order valence-corrected chi connectivity index (χ1v) is 20.3. The zero-order valence-electron chi connectivity index (χ0n) is 30.6. The molecular weight excluding hydrogens is 716 g/mol. The lowest BCUT2D eigenvalue weighted by Crippen LogP contribution is -2.48. The molecule has 0 radical (unpaired) electrons. The van der Waals surface area contributed by atoms with Crippen LogP contribution >= 0.6 is 0 Å². The van der Waals surface area contributed by atoms with E-state index >= 15 is 4.39 Å². The molecule has 12 nitrogen and oxygen atoms in total. The number of carbonyl (C=O) groups is 3. The smallest absolute Gasteiger partial charge is 0.337 e. The predicted molar refractivity (Wildman–Crippen MR) is 203 cm³/mol. The number of esters is 1. The number of halogens is 1. The zero-order valence-corrected chi connectivity index (χ0v) is 31.4. The molecule has 1 saturated carbocycles. The van der Waals surface area contributed by atoms with E-state index in [1.54, 1.807) is 33.7 Å². The quantitative estimate of drug-likeness (QED) is 0.178. The highest BCUT2D eigenvalue weighted by molar-refractivity contribution is 7.88. The number of hydrogen-bond acceptors (Lipinski definition) is 8. The largest absolute Gasteiger partial charge is 0.489 e. The van der Waals surface area contributed by atoms with Gasteiger partial charge in [0.15, 0.2) is 0 Å². The Balaban J connectivity index is 1.24. The van der Waals surface area contributed by atoms with E-state index in [1.807, 2.05) is 24.3 Å². The minimum Gasteiger partial charge on any atom is -0.489 e. The van der Waals surface area contributed by atoms with Gasteiger partial charge >= 0.3 is 11.9 Å². The number of anilines is 2. The van der Waals surface area contributed by atoms with Crippen molar-refractivity contribution in [2.45, 2.75) is 64.0 Å². The number of carboxylic acid groups (broad SMARTS) is 1. The highest BCUT2D eigenvalue weighted by atomic mass is 32.2. The molecule has 0 unspecified atom stereocenters. The van der Waals surface area contributed by atoms with E-state index in [4.69, 9.17) is 9.47 Å². The van der Waals surface area contributed by atoms with Crippen molar-refractivity contribution >= 4 is 50.1 Å². The van der Waals surface area contributed by atoms with Crippen LogP contribution in [0.2, 0.25) is 0 Å². The molecule has 54 heavy (non-hydrogen) atoms. The van der Waals surface area contributed by atoms with Gasteiger partial charge in [0.05, 0.1) is 30.1 Å². The van der Waals surface area contributed by atoms with Gasteiger partial charge in [0.2, 0.25) is 15.9 Å². The van der Waals surface area contributed by atoms with Crippen molar-refractivity contribution in [2.75, 3.05) is 55.9 Å². The van der Waals surface area contributed by atoms with Gasteiger partial charge in [-0.05, 0) is 73.2 Å². The number of nitrogens with zero attached hydrogens (tertiary/aromatic N) is 4. The van der Waals surface area contributed by atoms with Gasteiger partial charge in [-0.15, -0.1) is 0 Å². The number of rotatable bonds is 11. The average Bonchev–Trinajstić information content (AvgIpc) is 3.73. The Labute approximate surface area is 314 Å². The van der Waals surface area contributed by atoms with Crippen LogP contribution in [0.4, 0.5) is 15.8 Å². The maximum absolute atomic E-state index is 16.5. The Kier molecular flexibility index (Phi) is 10.7. The summed E-state index contributed by atoms with van der Waals surface area (Å²) in [6.45, 7) is 1.86. The number of carboxylic acids is 1. The molecule has 3 heterocycles. The van der Waals surface area contributed by atoms with Gasteiger partial charge in [-0.2, -0.15) is 4.31 Å². The molecule has 1 N–H and O–H groups in total. The van der Waals surface area contributed by atoms with E-state index in [1.165, 1.54) is 23.7 Å². The second-order valence-corrected chi connectivity index (χ2v) is 16.3. The Bertz CT molecular complexity index is 2210. The van der Waals surface area contributed by atoms with E-state index in [-0.39, 0.29) is 35.3 Å². The second-order valence-electron chi connectivity index (χ2n) is 14.3. The van der Waals surface area contributed by atoms with Crippen molar-refractivity contribution in [3.05, 3.63) is 77.1 Å². The van der Waals surface area contributed by atoms with E-state index in [2.05, 4.69) is 4.90 Å². The molecule has 1 aromatic heterocycles. The number of sulfonamides is 1. The SMILES string of the molecule is COC(=O)c1ccc2c(C3CCCCC3)c(-c3ccc(OCc4cc(N5CCCC5=O)ccc4N4CCN(S(C)(=O)=O)CC4)cc3F)n(CC(=O)O)c2c1. The number of benzene rings is 3. The molecule has 2 saturated heterocycles. The normalized spacial score (nSPS) is 17.4. The average molecular weight is 761 g/mol. The molecule has 3 fully saturated rings. The maximum atomic E-state index is 16.5. The lowest BCUT2D eigenvalue weighted by molar-refractivity contribution is -0.137. The van der Waals surface area contributed by atoms with Crippen LogP contribution in [-0.4, -0.2) is 86.3 Å². The number of aliphatic carboxylic acids is 1. The lowest BCUT2D eigenvalue weighted by Gasteiger charge is -2.36. The van der Waals surface area contributed by atoms with Crippen molar-refractivity contribution < 1.29 is 41.8 Å². The molecule has 286 valence electrons. The van der Waals surface area contributed by atoms with Crippen LogP contribution in [0.3, 0.4) is 0 Å². The van der Waals surface area contributed by atoms with Gasteiger partial charge in [0.1, 0.15) is 24.7 Å². The van der Waals surface area contributed by atoms with Crippen molar-refractivity contribution in [3.8, 4) is 17.0 Å². The Hall–Kier alpha value is -4.95. The fourth-order valence-electron chi connectivity index (χ4n) is 8.30. The second kappa shape index (κ2) is 15.4. The summed E-state index contributed by atoms with van der Waals surface area (Å²) in [4.78, 5) is 41.2. The van der Waals surface area contributed by atoms with E-state index < -0.39 is 34.3 Å². The van der Waals surface area contributed by atoms with Crippen LogP contribution in [0.25, 0.3) is 22.2 Å². The number of piperazine rings is 1. The third-order valence-electron chi connectivity index (χ3n) is 10.9. The van der Waals surface area contributed by atoms with Crippen LogP contribution in [0, 0.1) is 5.82 Å². The summed E-state index contributed by atoms with van der Waals surface area (Å²) in [6, 6.07) is 15.4. The minimum absolute atomic E-state index is 0.0449. The molecule has 3 aliphatic rings. The summed E-state index contributed by atoms with van der Waals surface area (Å²) in [5.74, 6) is -1.84. The molecule has 0 spiro atoms. The predicted octanol–water partition coefficient (Wildman–Crippen LogP) is 6.15. The van der Waals surface area contributed by atoms with Crippen LogP contribution in [0.5, 0.6) is 5.75 Å². The van der Waals surface area contributed by atoms with E-state index in [9.17, 15) is 27.9 Å². The van der Waals surface area contributed by atoms with Crippen molar-refractivity contribution in [2.24, 2.45) is 0 Å². The third-order valence-corrected chi connectivity index (χ3v) is 12.2. The highest BCUT2D eigenvalue weighted by Crippen LogP contribution is 2.45. The topological polar surface area (TPSA) is 139 Å². The Morgan fingerprint density at radius 3 is 2.33 bits per heavy atom. The molecule has 4 aromatic rings. The van der Waals surface area contributed by atoms with Crippen molar-refractivity contribution in [1.82, 2.24) is 8.87 Å². The van der Waals surface area contributed by atoms with Gasteiger partial charge in [-0.3, -0.25) is 9.59 Å². The van der Waals surface area contributed by atoms with Gasteiger partial charge in [0, 0.05) is 73.1 Å². The summed E-state index contributed by atoms with van der Waals surface area (Å²) < 4.78 is 55.1. The monoisotopic (exact) mass is 760 g/mol. The van der Waals surface area contributed by atoms with Gasteiger partial charge in [-0.25, -0.2) is 17.6 Å². The fraction of sp³-hybridized carbons (Fsp3) is 0.425. The van der Waals surface area contributed by atoms with Crippen LogP contribution in [-0.2, 0) is 37.5 Å². The van der Waals surface area contributed by atoms with Crippen molar-refractivity contribution in [3.63, 3.8) is 0 Å². The summed E-state index contributed by atoms with van der Waals surface area (Å²) in [5.41, 5.74) is 4.75. The standard InChI is InChI=1S/C40H45FN4O8S/c1-52-40(49)27-10-13-32-35(22-27)45(24-37(47)48)39(38(32)26-7-4-3-5-8-26)31-14-12-30(23-33(31)41)53-25-28-21-29(44-16-6-9-36(44)46)11-15-34(28)42-17-19-43(20-18-42)54(2,50)51/h10-15,21-23,26H,3-9,16-20,24-25H2,1-2H3,(H,47,48). The number of amides is 1. The third kappa shape index (κ3) is 7.54. The number of carbonyl (C=O) groups excluding carboxylic acids is 2. The van der Waals surface area contributed by atoms with Crippen LogP contribution in [0.1, 0.15) is 72.3 Å². The van der Waals surface area contributed by atoms with Crippen LogP contribution < -0.4 is 14.5 Å². The molecular formula is C40H45FN4O8S. The first-order chi connectivity index (χ1) is 25.9. The summed E-state index contributed by atoms with van der Waals surface area (Å²) in [5, 5.41) is 10.8. The fourth-order valence-corrected chi connectivity index (χ4v) is 9.13. The number of fused-ring (bicyclic) bond motifs is 1. The van der Waals surface area contributed by atoms with Crippen molar-refractivity contribution in [1.29, 1.82) is 0 Å². The minimum atomic E-state index is -3.32. The number of aromatic nitrogens is 1. The number of ether oxygens (including phenoxy) is 2. The first kappa shape index (κ1) is 37.4. The summed E-state index contributed by atoms with van der Waals surface area (Å²) >= 11 is 0.